The van der Waals surface area contributed by atoms with Gasteiger partial charge in [-0.05, 0) is 57.9 Å². The molecule has 0 spiro atoms. The van der Waals surface area contributed by atoms with E-state index in [1.165, 1.54) is 0 Å². The highest BCUT2D eigenvalue weighted by Crippen LogP contribution is 2.36. The molecule has 0 unspecified atom stereocenters. The van der Waals surface area contributed by atoms with E-state index in [0.717, 1.165) is 74.6 Å². The maximum atomic E-state index is 13.7. The zero-order chi connectivity index (χ0) is 29.9. The number of nitriles is 1. The molecule has 0 radical (unpaired) electrons. The number of carbonyl (C=O) groups excluding carboxylic acids is 1. The summed E-state index contributed by atoms with van der Waals surface area (Å²) < 4.78 is 7.46. The van der Waals surface area contributed by atoms with E-state index in [1.54, 1.807) is 16.9 Å². The van der Waals surface area contributed by atoms with Crippen LogP contribution in [-0.4, -0.2) is 95.8 Å². The highest BCUT2D eigenvalue weighted by Gasteiger charge is 2.43. The number of amides is 1. The first-order valence-electron chi connectivity index (χ1n) is 15.2. The lowest BCUT2D eigenvalue weighted by atomic mass is 9.76. The van der Waals surface area contributed by atoms with Gasteiger partial charge >= 0.3 is 0 Å². The number of aromatic nitrogens is 3. The first kappa shape index (κ1) is 29.8. The van der Waals surface area contributed by atoms with Crippen molar-refractivity contribution in [1.82, 2.24) is 29.7 Å². The van der Waals surface area contributed by atoms with Crippen molar-refractivity contribution < 1.29 is 9.53 Å². The van der Waals surface area contributed by atoms with Crippen molar-refractivity contribution in [2.45, 2.75) is 46.6 Å². The second-order valence-electron chi connectivity index (χ2n) is 12.3. The van der Waals surface area contributed by atoms with E-state index in [1.807, 2.05) is 31.3 Å². The molecular weight excluding hydrogens is 528 g/mol. The molecule has 10 nitrogen and oxygen atoms in total. The predicted molar refractivity (Wildman–Crippen MR) is 165 cm³/mol. The average Bonchev–Trinajstić information content (AvgIpc) is 3.41. The standard InChI is InChI=1S/C32H44N8O2/c1-6-42-27-15-28(30-26(16-33)19-36-40(30)21-27)25-7-8-29(34-18-25)39-11-9-32(10-12-39,31(41)35-17-23(2)3)22-38-14-13-37(5)24(4)20-38/h7-8,15,18-19,21,23-24H,6,9-14,17,20,22H2,1-5H3,(H,35,41)/t24-/m0/s1. The molecule has 5 heterocycles. The van der Waals surface area contributed by atoms with E-state index in [0.29, 0.717) is 36.4 Å². The Morgan fingerprint density at radius 1 is 1.21 bits per heavy atom. The summed E-state index contributed by atoms with van der Waals surface area (Å²) in [7, 11) is 2.18. The van der Waals surface area contributed by atoms with Crippen molar-refractivity contribution in [3.63, 3.8) is 0 Å². The smallest absolute Gasteiger partial charge is 0.227 e. The SMILES string of the molecule is CCOc1cc(-c2ccc(N3CCC(CN4CCN(C)[C@@H](C)C4)(C(=O)NCC(C)C)CC3)nc2)c2c(C#N)cnn2c1. The van der Waals surface area contributed by atoms with Gasteiger partial charge in [0.15, 0.2) is 0 Å². The fourth-order valence-corrected chi connectivity index (χ4v) is 6.18. The number of carbonyl (C=O) groups is 1. The van der Waals surface area contributed by atoms with E-state index >= 15 is 0 Å². The number of nitrogens with one attached hydrogen (secondary N) is 1. The number of anilines is 1. The van der Waals surface area contributed by atoms with E-state index < -0.39 is 5.41 Å². The number of ether oxygens (including phenoxy) is 1. The molecule has 0 aromatic carbocycles. The van der Waals surface area contributed by atoms with Gasteiger partial charge in [-0.2, -0.15) is 10.4 Å². The summed E-state index contributed by atoms with van der Waals surface area (Å²) in [6.07, 6.45) is 6.82. The van der Waals surface area contributed by atoms with Gasteiger partial charge in [-0.1, -0.05) is 13.8 Å². The predicted octanol–water partition coefficient (Wildman–Crippen LogP) is 3.66. The molecule has 3 aromatic heterocycles. The van der Waals surface area contributed by atoms with Crippen LogP contribution in [-0.2, 0) is 4.79 Å². The summed E-state index contributed by atoms with van der Waals surface area (Å²) in [4.78, 5) is 25.7. The lowest BCUT2D eigenvalue weighted by molar-refractivity contribution is -0.134. The van der Waals surface area contributed by atoms with Crippen LogP contribution in [0.3, 0.4) is 0 Å². The van der Waals surface area contributed by atoms with Gasteiger partial charge < -0.3 is 19.9 Å². The third kappa shape index (κ3) is 6.22. The minimum atomic E-state index is -0.401. The molecule has 2 aliphatic rings. The highest BCUT2D eigenvalue weighted by atomic mass is 16.5. The second kappa shape index (κ2) is 12.7. The third-order valence-electron chi connectivity index (χ3n) is 8.84. The second-order valence-corrected chi connectivity index (χ2v) is 12.3. The van der Waals surface area contributed by atoms with Crippen LogP contribution in [0.4, 0.5) is 5.82 Å². The Morgan fingerprint density at radius 3 is 2.64 bits per heavy atom. The molecule has 0 saturated carbocycles. The van der Waals surface area contributed by atoms with E-state index in [-0.39, 0.29) is 5.91 Å². The minimum absolute atomic E-state index is 0.193. The Balaban J connectivity index is 1.34. The van der Waals surface area contributed by atoms with Crippen LogP contribution in [0.2, 0.25) is 0 Å². The molecule has 2 aliphatic heterocycles. The summed E-state index contributed by atoms with van der Waals surface area (Å²) in [6, 6.07) is 8.76. The molecule has 0 aliphatic carbocycles. The number of fused-ring (bicyclic) bond motifs is 1. The van der Waals surface area contributed by atoms with Crippen LogP contribution in [0.1, 0.15) is 46.1 Å². The summed E-state index contributed by atoms with van der Waals surface area (Å²) in [6.45, 7) is 15.1. The van der Waals surface area contributed by atoms with Crippen molar-refractivity contribution in [1.29, 1.82) is 5.26 Å². The van der Waals surface area contributed by atoms with Crippen LogP contribution >= 0.6 is 0 Å². The van der Waals surface area contributed by atoms with Crippen molar-refractivity contribution in [3.05, 3.63) is 42.4 Å². The Morgan fingerprint density at radius 2 is 2.00 bits per heavy atom. The van der Waals surface area contributed by atoms with Gasteiger partial charge in [0, 0.05) is 69.2 Å². The lowest BCUT2D eigenvalue weighted by Crippen LogP contribution is -2.58. The van der Waals surface area contributed by atoms with Crippen LogP contribution in [0.25, 0.3) is 16.6 Å². The third-order valence-corrected chi connectivity index (χ3v) is 8.84. The monoisotopic (exact) mass is 572 g/mol. The number of nitrogens with zero attached hydrogens (tertiary/aromatic N) is 7. The number of likely N-dealkylation sites (N-methyl/N-ethyl adjacent to an activating group) is 1. The molecule has 1 N–H and O–H groups in total. The van der Waals surface area contributed by atoms with E-state index in [4.69, 9.17) is 9.72 Å². The van der Waals surface area contributed by atoms with E-state index in [9.17, 15) is 10.1 Å². The van der Waals surface area contributed by atoms with Gasteiger partial charge in [0.05, 0.1) is 35.5 Å². The molecule has 2 saturated heterocycles. The molecule has 224 valence electrons. The van der Waals surface area contributed by atoms with E-state index in [2.05, 4.69) is 59.0 Å². The fourth-order valence-electron chi connectivity index (χ4n) is 6.18. The highest BCUT2D eigenvalue weighted by molar-refractivity contribution is 5.85. The van der Waals surface area contributed by atoms with Gasteiger partial charge in [-0.15, -0.1) is 0 Å². The average molecular weight is 573 g/mol. The fraction of sp³-hybridized carbons (Fsp3) is 0.562. The molecule has 2 fully saturated rings. The van der Waals surface area contributed by atoms with Crippen LogP contribution in [0.5, 0.6) is 5.75 Å². The number of piperidine rings is 1. The Bertz CT molecular complexity index is 1420. The number of hydrogen-bond donors (Lipinski definition) is 1. The van der Waals surface area contributed by atoms with Crippen molar-refractivity contribution in [3.8, 4) is 22.9 Å². The first-order chi connectivity index (χ1) is 20.2. The maximum Gasteiger partial charge on any atom is 0.227 e. The summed E-state index contributed by atoms with van der Waals surface area (Å²) in [5, 5.41) is 17.3. The molecule has 42 heavy (non-hydrogen) atoms. The number of piperazine rings is 1. The molecule has 1 atom stereocenters. The molecule has 3 aromatic rings. The van der Waals surface area contributed by atoms with Gasteiger partial charge in [-0.25, -0.2) is 9.50 Å². The first-order valence-corrected chi connectivity index (χ1v) is 15.2. The van der Waals surface area contributed by atoms with Crippen molar-refractivity contribution in [2.24, 2.45) is 11.3 Å². The zero-order valence-corrected chi connectivity index (χ0v) is 25.6. The molecule has 5 rings (SSSR count). The summed E-state index contributed by atoms with van der Waals surface area (Å²) >= 11 is 0. The molecule has 10 heteroatoms. The maximum absolute atomic E-state index is 13.7. The van der Waals surface area contributed by atoms with Gasteiger partial charge in [0.25, 0.3) is 0 Å². The van der Waals surface area contributed by atoms with Gasteiger partial charge in [0.1, 0.15) is 17.6 Å². The number of rotatable bonds is 9. The number of pyridine rings is 2. The van der Waals surface area contributed by atoms with Crippen molar-refractivity contribution >= 4 is 17.2 Å². The Labute approximate surface area is 249 Å². The number of hydrogen-bond acceptors (Lipinski definition) is 8. The summed E-state index contributed by atoms with van der Waals surface area (Å²) in [5.41, 5.74) is 2.60. The molecule has 0 bridgehead atoms. The topological polar surface area (TPSA) is 102 Å². The normalized spacial score (nSPS) is 19.6. The van der Waals surface area contributed by atoms with Crippen LogP contribution in [0, 0.1) is 22.7 Å². The summed E-state index contributed by atoms with van der Waals surface area (Å²) in [5.74, 6) is 2.20. The minimum Gasteiger partial charge on any atom is -0.492 e. The Kier molecular flexibility index (Phi) is 8.99. The van der Waals surface area contributed by atoms with Crippen LogP contribution < -0.4 is 15.0 Å². The lowest BCUT2D eigenvalue weighted by Gasteiger charge is -2.46. The van der Waals surface area contributed by atoms with Gasteiger partial charge in [-0.3, -0.25) is 9.69 Å². The molecule has 1 amide bonds. The zero-order valence-electron chi connectivity index (χ0n) is 25.6. The Hall–Kier alpha value is -3.68. The molecular formula is C32H44N8O2. The largest absolute Gasteiger partial charge is 0.492 e. The quantitative estimate of drug-likeness (QED) is 0.415. The van der Waals surface area contributed by atoms with Crippen molar-refractivity contribution in [2.75, 3.05) is 64.4 Å². The van der Waals surface area contributed by atoms with Crippen LogP contribution in [0.15, 0.2) is 36.8 Å². The van der Waals surface area contributed by atoms with Gasteiger partial charge in [0.2, 0.25) is 5.91 Å².